The molecule has 0 saturated carbocycles. The summed E-state index contributed by atoms with van der Waals surface area (Å²) in [6.07, 6.45) is 1.08. The average Bonchev–Trinajstić information content (AvgIpc) is 3.02. The minimum Gasteiger partial charge on any atom is -0.484 e. The highest BCUT2D eigenvalue weighted by atomic mass is 35.5. The van der Waals surface area contributed by atoms with Crippen LogP contribution < -0.4 is 10.1 Å². The van der Waals surface area contributed by atoms with E-state index in [0.29, 0.717) is 50.0 Å². The first kappa shape index (κ1) is 31.5. The summed E-state index contributed by atoms with van der Waals surface area (Å²) in [6, 6.07) is 21.9. The number of benzene rings is 3. The molecule has 11 heteroatoms. The molecule has 3 aromatic rings. The molecule has 2 amide bonds. The van der Waals surface area contributed by atoms with Crippen molar-refractivity contribution in [2.75, 3.05) is 39.5 Å². The fourth-order valence-electron chi connectivity index (χ4n) is 4.58. The van der Waals surface area contributed by atoms with Crippen molar-refractivity contribution in [1.29, 1.82) is 0 Å². The summed E-state index contributed by atoms with van der Waals surface area (Å²) in [4.78, 5) is 28.8. The number of rotatable bonds is 13. The zero-order chi connectivity index (χ0) is 30.0. The van der Waals surface area contributed by atoms with Crippen LogP contribution in [0.4, 0.5) is 0 Å². The normalized spacial score (nSPS) is 14.6. The molecule has 224 valence electrons. The van der Waals surface area contributed by atoms with Crippen molar-refractivity contribution in [2.24, 2.45) is 0 Å². The van der Waals surface area contributed by atoms with Gasteiger partial charge in [0.2, 0.25) is 15.9 Å². The quantitative estimate of drug-likeness (QED) is 0.313. The second-order valence-electron chi connectivity index (χ2n) is 9.92. The van der Waals surface area contributed by atoms with E-state index in [4.69, 9.17) is 21.1 Å². The lowest BCUT2D eigenvalue weighted by molar-refractivity contribution is -0.142. The Hall–Kier alpha value is -3.44. The number of hydrogen-bond donors (Lipinski definition) is 1. The van der Waals surface area contributed by atoms with Crippen molar-refractivity contribution in [3.8, 4) is 5.75 Å². The standard InChI is InChI=1S/C31H36ClN3O6S/c1-2-16-33-31(37)29(21-24-6-4-3-5-7-24)35(22-25-8-10-26(32)11-9-25)30(36)23-41-27-12-14-28(15-13-27)42(38,39)34-17-19-40-20-18-34/h3-15,29H,2,16-23H2,1H3,(H,33,37). The second-order valence-corrected chi connectivity index (χ2v) is 12.3. The zero-order valence-corrected chi connectivity index (χ0v) is 25.1. The molecule has 9 nitrogen and oxygen atoms in total. The number of nitrogens with one attached hydrogen (secondary N) is 1. The molecule has 0 bridgehead atoms. The third-order valence-corrected chi connectivity index (χ3v) is 9.05. The van der Waals surface area contributed by atoms with E-state index in [0.717, 1.165) is 17.5 Å². The Morgan fingerprint density at radius 3 is 2.29 bits per heavy atom. The van der Waals surface area contributed by atoms with Gasteiger partial charge in [-0.25, -0.2) is 8.42 Å². The van der Waals surface area contributed by atoms with Gasteiger partial charge in [0, 0.05) is 37.6 Å². The molecule has 0 spiro atoms. The summed E-state index contributed by atoms with van der Waals surface area (Å²) in [5.41, 5.74) is 1.73. The van der Waals surface area contributed by atoms with E-state index in [2.05, 4.69) is 5.32 Å². The lowest BCUT2D eigenvalue weighted by Gasteiger charge is -2.31. The first-order valence-electron chi connectivity index (χ1n) is 13.9. The summed E-state index contributed by atoms with van der Waals surface area (Å²) < 4.78 is 38.3. The van der Waals surface area contributed by atoms with Gasteiger partial charge in [0.05, 0.1) is 18.1 Å². The van der Waals surface area contributed by atoms with Gasteiger partial charge in [0.1, 0.15) is 11.8 Å². The molecular formula is C31H36ClN3O6S. The minimum absolute atomic E-state index is 0.142. The average molecular weight is 614 g/mol. The van der Waals surface area contributed by atoms with E-state index >= 15 is 0 Å². The molecule has 0 radical (unpaired) electrons. The van der Waals surface area contributed by atoms with Crippen molar-refractivity contribution < 1.29 is 27.5 Å². The molecule has 3 aromatic carbocycles. The number of ether oxygens (including phenoxy) is 2. The second kappa shape index (κ2) is 15.2. The number of hydrogen-bond acceptors (Lipinski definition) is 6. The highest BCUT2D eigenvalue weighted by molar-refractivity contribution is 7.89. The number of nitrogens with zero attached hydrogens (tertiary/aromatic N) is 2. The van der Waals surface area contributed by atoms with Gasteiger partial charge >= 0.3 is 0 Å². The molecule has 1 aliphatic rings. The summed E-state index contributed by atoms with van der Waals surface area (Å²) in [5, 5.41) is 3.51. The number of halogens is 1. The van der Waals surface area contributed by atoms with Crippen LogP contribution in [-0.2, 0) is 37.3 Å². The Kier molecular flexibility index (Phi) is 11.4. The van der Waals surface area contributed by atoms with Gasteiger partial charge in [-0.2, -0.15) is 4.31 Å². The van der Waals surface area contributed by atoms with Gasteiger partial charge in [-0.05, 0) is 53.9 Å². The van der Waals surface area contributed by atoms with Crippen LogP contribution in [0, 0.1) is 0 Å². The van der Waals surface area contributed by atoms with Crippen LogP contribution in [0.2, 0.25) is 5.02 Å². The van der Waals surface area contributed by atoms with Crippen molar-refractivity contribution >= 4 is 33.4 Å². The molecule has 1 heterocycles. The maximum atomic E-state index is 13.7. The summed E-state index contributed by atoms with van der Waals surface area (Å²) in [7, 11) is -3.65. The maximum absolute atomic E-state index is 13.7. The fourth-order valence-corrected chi connectivity index (χ4v) is 6.11. The summed E-state index contributed by atoms with van der Waals surface area (Å²) in [6.45, 7) is 3.61. The summed E-state index contributed by atoms with van der Waals surface area (Å²) >= 11 is 6.08. The van der Waals surface area contributed by atoms with Gasteiger partial charge in [-0.1, -0.05) is 61.0 Å². The largest absolute Gasteiger partial charge is 0.484 e. The van der Waals surface area contributed by atoms with Crippen LogP contribution in [0.25, 0.3) is 0 Å². The van der Waals surface area contributed by atoms with E-state index in [9.17, 15) is 18.0 Å². The fraction of sp³-hybridized carbons (Fsp3) is 0.355. The van der Waals surface area contributed by atoms with Crippen molar-refractivity contribution in [3.05, 3.63) is 95.0 Å². The predicted octanol–water partition coefficient (Wildman–Crippen LogP) is 3.91. The Bertz CT molecular complexity index is 1410. The number of sulfonamides is 1. The maximum Gasteiger partial charge on any atom is 0.261 e. The van der Waals surface area contributed by atoms with Gasteiger partial charge < -0.3 is 19.7 Å². The highest BCUT2D eigenvalue weighted by Gasteiger charge is 2.31. The van der Waals surface area contributed by atoms with Gasteiger partial charge in [-0.15, -0.1) is 0 Å². The van der Waals surface area contributed by atoms with Crippen LogP contribution in [-0.4, -0.2) is 74.9 Å². The monoisotopic (exact) mass is 613 g/mol. The van der Waals surface area contributed by atoms with Gasteiger partial charge in [-0.3, -0.25) is 9.59 Å². The van der Waals surface area contributed by atoms with E-state index in [-0.39, 0.29) is 29.9 Å². The van der Waals surface area contributed by atoms with E-state index in [1.807, 2.05) is 49.4 Å². The molecule has 1 saturated heterocycles. The molecule has 1 aliphatic heterocycles. The molecule has 42 heavy (non-hydrogen) atoms. The molecule has 1 fully saturated rings. The molecule has 1 atom stereocenters. The highest BCUT2D eigenvalue weighted by Crippen LogP contribution is 2.22. The van der Waals surface area contributed by atoms with E-state index in [1.54, 1.807) is 12.1 Å². The SMILES string of the molecule is CCCNC(=O)C(Cc1ccccc1)N(Cc1ccc(Cl)cc1)C(=O)COc1ccc(S(=O)(=O)N2CCOCC2)cc1. The number of carbonyl (C=O) groups excluding carboxylic acids is 2. The van der Waals surface area contributed by atoms with Crippen LogP contribution in [0.5, 0.6) is 5.75 Å². The van der Waals surface area contributed by atoms with Crippen molar-refractivity contribution in [1.82, 2.24) is 14.5 Å². The lowest BCUT2D eigenvalue weighted by Crippen LogP contribution is -2.51. The zero-order valence-electron chi connectivity index (χ0n) is 23.6. The van der Waals surface area contributed by atoms with Crippen LogP contribution in [0.1, 0.15) is 24.5 Å². The number of amides is 2. The van der Waals surface area contributed by atoms with E-state index in [1.165, 1.54) is 33.5 Å². The molecule has 0 aliphatic carbocycles. The Balaban J connectivity index is 1.53. The van der Waals surface area contributed by atoms with E-state index < -0.39 is 16.1 Å². The molecule has 0 aromatic heterocycles. The van der Waals surface area contributed by atoms with Crippen LogP contribution >= 0.6 is 11.6 Å². The number of carbonyl (C=O) groups is 2. The molecule has 1 N–H and O–H groups in total. The smallest absolute Gasteiger partial charge is 0.261 e. The lowest BCUT2D eigenvalue weighted by atomic mass is 10.0. The van der Waals surface area contributed by atoms with Gasteiger partial charge in [0.25, 0.3) is 5.91 Å². The third kappa shape index (κ3) is 8.54. The first-order valence-corrected chi connectivity index (χ1v) is 15.8. The van der Waals surface area contributed by atoms with Crippen molar-refractivity contribution in [3.63, 3.8) is 0 Å². The van der Waals surface area contributed by atoms with Crippen LogP contribution in [0.15, 0.2) is 83.8 Å². The molecular weight excluding hydrogens is 578 g/mol. The summed E-state index contributed by atoms with van der Waals surface area (Å²) in [5.74, 6) is -0.297. The first-order chi connectivity index (χ1) is 20.3. The van der Waals surface area contributed by atoms with Crippen molar-refractivity contribution in [2.45, 2.75) is 37.2 Å². The molecule has 1 unspecified atom stereocenters. The Morgan fingerprint density at radius 2 is 1.64 bits per heavy atom. The Labute approximate surface area is 252 Å². The minimum atomic E-state index is -3.65. The van der Waals surface area contributed by atoms with Crippen LogP contribution in [0.3, 0.4) is 0 Å². The third-order valence-electron chi connectivity index (χ3n) is 6.88. The number of morpholine rings is 1. The molecule has 4 rings (SSSR count). The predicted molar refractivity (Wildman–Crippen MR) is 161 cm³/mol. The van der Waals surface area contributed by atoms with Gasteiger partial charge in [0.15, 0.2) is 6.61 Å². The Morgan fingerprint density at radius 1 is 0.976 bits per heavy atom. The topological polar surface area (TPSA) is 105 Å².